The third kappa shape index (κ3) is 3.40. The van der Waals surface area contributed by atoms with Gasteiger partial charge in [-0.15, -0.1) is 0 Å². The van der Waals surface area contributed by atoms with Crippen molar-refractivity contribution in [2.24, 2.45) is 0 Å². The molecular formula is C15H17ClN2O. The fraction of sp³-hybridized carbons (Fsp3) is 0.200. The van der Waals surface area contributed by atoms with Crippen molar-refractivity contribution in [2.75, 3.05) is 18.2 Å². The van der Waals surface area contributed by atoms with Gasteiger partial charge in [0.05, 0.1) is 17.3 Å². The molecule has 0 atom stereocenters. The largest absolute Gasteiger partial charge is 0.398 e. The Morgan fingerprint density at radius 3 is 2.79 bits per heavy atom. The minimum Gasteiger partial charge on any atom is -0.398 e. The van der Waals surface area contributed by atoms with Crippen molar-refractivity contribution >= 4 is 28.7 Å². The molecule has 0 aliphatic rings. The minimum absolute atomic E-state index is 0.557. The Hall–Kier alpha value is -1.71. The first-order valence-corrected chi connectivity index (χ1v) is 6.38. The van der Waals surface area contributed by atoms with Crippen LogP contribution in [-0.4, -0.2) is 7.11 Å². The Morgan fingerprint density at radius 1 is 1.26 bits per heavy atom. The molecule has 0 aromatic heterocycles. The summed E-state index contributed by atoms with van der Waals surface area (Å²) in [6, 6.07) is 11.8. The van der Waals surface area contributed by atoms with Gasteiger partial charge in [-0.2, -0.15) is 0 Å². The van der Waals surface area contributed by atoms with Gasteiger partial charge in [-0.1, -0.05) is 23.7 Å². The van der Waals surface area contributed by atoms with Gasteiger partial charge in [0.15, 0.2) is 0 Å². The smallest absolute Gasteiger partial charge is 0.0713 e. The van der Waals surface area contributed by atoms with Gasteiger partial charge >= 0.3 is 0 Å². The summed E-state index contributed by atoms with van der Waals surface area (Å²) in [5.41, 5.74) is 10.5. The summed E-state index contributed by atoms with van der Waals surface area (Å²) in [5, 5.41) is 3.90. The number of benzene rings is 2. The number of halogens is 1. The number of rotatable bonds is 4. The maximum atomic E-state index is 6.05. The van der Waals surface area contributed by atoms with Gasteiger partial charge in [-0.05, 0) is 42.3 Å². The average molecular weight is 277 g/mol. The van der Waals surface area contributed by atoms with Crippen LogP contribution in [0.15, 0.2) is 36.4 Å². The second kappa shape index (κ2) is 5.95. The quantitative estimate of drug-likeness (QED) is 0.826. The lowest BCUT2D eigenvalue weighted by Crippen LogP contribution is -1.97. The Kier molecular flexibility index (Phi) is 4.30. The van der Waals surface area contributed by atoms with Crippen LogP contribution in [0, 0.1) is 6.92 Å². The van der Waals surface area contributed by atoms with Crippen LogP contribution in [0.3, 0.4) is 0 Å². The molecule has 0 saturated heterocycles. The predicted molar refractivity (Wildman–Crippen MR) is 81.0 cm³/mol. The number of nitrogens with one attached hydrogen (secondary N) is 1. The number of anilines is 3. The van der Waals surface area contributed by atoms with Gasteiger partial charge in [0.1, 0.15) is 0 Å². The van der Waals surface area contributed by atoms with Crippen molar-refractivity contribution in [1.82, 2.24) is 0 Å². The van der Waals surface area contributed by atoms with Crippen LogP contribution in [0.4, 0.5) is 17.1 Å². The Labute approximate surface area is 118 Å². The van der Waals surface area contributed by atoms with Gasteiger partial charge in [-0.3, -0.25) is 0 Å². The van der Waals surface area contributed by atoms with Crippen LogP contribution in [-0.2, 0) is 11.3 Å². The van der Waals surface area contributed by atoms with Crippen molar-refractivity contribution in [3.05, 3.63) is 52.5 Å². The van der Waals surface area contributed by atoms with E-state index in [0.29, 0.717) is 17.3 Å². The molecule has 0 amide bonds. The molecule has 0 heterocycles. The topological polar surface area (TPSA) is 47.3 Å². The molecule has 0 spiro atoms. The maximum absolute atomic E-state index is 6.05. The second-order valence-electron chi connectivity index (χ2n) is 4.45. The fourth-order valence-electron chi connectivity index (χ4n) is 1.90. The number of hydrogen-bond donors (Lipinski definition) is 2. The van der Waals surface area contributed by atoms with E-state index in [9.17, 15) is 0 Å². The summed E-state index contributed by atoms with van der Waals surface area (Å²) in [5.74, 6) is 0. The number of ether oxygens (including phenoxy) is 1. The van der Waals surface area contributed by atoms with E-state index in [4.69, 9.17) is 22.1 Å². The molecule has 2 aromatic rings. The third-order valence-corrected chi connectivity index (χ3v) is 3.19. The molecule has 0 saturated carbocycles. The molecule has 0 aliphatic heterocycles. The first-order valence-electron chi connectivity index (χ1n) is 6.00. The number of nitrogen functional groups attached to an aromatic ring is 1. The lowest BCUT2D eigenvalue weighted by Gasteiger charge is -2.12. The molecule has 3 N–H and O–H groups in total. The van der Waals surface area contributed by atoms with Crippen molar-refractivity contribution in [3.63, 3.8) is 0 Å². The van der Waals surface area contributed by atoms with Gasteiger partial charge in [0.2, 0.25) is 0 Å². The monoisotopic (exact) mass is 276 g/mol. The number of methoxy groups -OCH3 is 1. The van der Waals surface area contributed by atoms with Crippen molar-refractivity contribution in [1.29, 1.82) is 0 Å². The lowest BCUT2D eigenvalue weighted by atomic mass is 10.1. The SMILES string of the molecule is COCc1cccc(Nc2cc(Cl)c(N)cc2C)c1. The zero-order valence-electron chi connectivity index (χ0n) is 11.0. The summed E-state index contributed by atoms with van der Waals surface area (Å²) in [6.07, 6.45) is 0. The van der Waals surface area contributed by atoms with Crippen LogP contribution in [0.1, 0.15) is 11.1 Å². The maximum Gasteiger partial charge on any atom is 0.0713 e. The van der Waals surface area contributed by atoms with Gasteiger partial charge < -0.3 is 15.8 Å². The Bertz CT molecular complexity index is 584. The summed E-state index contributed by atoms with van der Waals surface area (Å²) in [7, 11) is 1.68. The van der Waals surface area contributed by atoms with Gasteiger partial charge in [0.25, 0.3) is 0 Å². The molecule has 100 valence electrons. The highest BCUT2D eigenvalue weighted by Gasteiger charge is 2.04. The van der Waals surface area contributed by atoms with Crippen LogP contribution < -0.4 is 11.1 Å². The van der Waals surface area contributed by atoms with Crippen molar-refractivity contribution < 1.29 is 4.74 Å². The summed E-state index contributed by atoms with van der Waals surface area (Å²) >= 11 is 6.05. The van der Waals surface area contributed by atoms with E-state index in [1.165, 1.54) is 0 Å². The Balaban J connectivity index is 2.25. The molecule has 0 unspecified atom stereocenters. The van der Waals surface area contributed by atoms with E-state index in [2.05, 4.69) is 5.32 Å². The van der Waals surface area contributed by atoms with E-state index in [1.807, 2.05) is 43.3 Å². The molecule has 19 heavy (non-hydrogen) atoms. The van der Waals surface area contributed by atoms with Crippen LogP contribution in [0.25, 0.3) is 0 Å². The highest BCUT2D eigenvalue weighted by atomic mass is 35.5. The molecule has 2 aromatic carbocycles. The molecule has 3 nitrogen and oxygen atoms in total. The van der Waals surface area contributed by atoms with Crippen LogP contribution in [0.5, 0.6) is 0 Å². The highest BCUT2D eigenvalue weighted by Crippen LogP contribution is 2.29. The number of hydrogen-bond acceptors (Lipinski definition) is 3. The molecule has 4 heteroatoms. The van der Waals surface area contributed by atoms with Crippen LogP contribution in [0.2, 0.25) is 5.02 Å². The van der Waals surface area contributed by atoms with E-state index >= 15 is 0 Å². The third-order valence-electron chi connectivity index (χ3n) is 2.86. The molecule has 0 bridgehead atoms. The van der Waals surface area contributed by atoms with Crippen LogP contribution >= 0.6 is 11.6 Å². The molecule has 0 radical (unpaired) electrons. The summed E-state index contributed by atoms with van der Waals surface area (Å²) < 4.78 is 5.13. The van der Waals surface area contributed by atoms with Crippen molar-refractivity contribution in [2.45, 2.75) is 13.5 Å². The average Bonchev–Trinajstić information content (AvgIpc) is 2.37. The summed E-state index contributed by atoms with van der Waals surface area (Å²) in [4.78, 5) is 0. The first-order chi connectivity index (χ1) is 9.10. The zero-order chi connectivity index (χ0) is 13.8. The first kappa shape index (κ1) is 13.7. The Morgan fingerprint density at radius 2 is 2.05 bits per heavy atom. The standard InChI is InChI=1S/C15H17ClN2O/c1-10-6-14(17)13(16)8-15(10)18-12-5-3-4-11(7-12)9-19-2/h3-8,18H,9,17H2,1-2H3. The number of nitrogens with two attached hydrogens (primary N) is 1. The fourth-order valence-corrected chi connectivity index (χ4v) is 2.06. The zero-order valence-corrected chi connectivity index (χ0v) is 11.8. The predicted octanol–water partition coefficient (Wildman–Crippen LogP) is 4.12. The summed E-state index contributed by atoms with van der Waals surface area (Å²) in [6.45, 7) is 2.59. The molecular weight excluding hydrogens is 260 g/mol. The van der Waals surface area contributed by atoms with Gasteiger partial charge in [-0.25, -0.2) is 0 Å². The van der Waals surface area contributed by atoms with E-state index in [1.54, 1.807) is 7.11 Å². The molecule has 0 aliphatic carbocycles. The van der Waals surface area contributed by atoms with E-state index < -0.39 is 0 Å². The van der Waals surface area contributed by atoms with E-state index in [0.717, 1.165) is 22.5 Å². The number of aryl methyl sites for hydroxylation is 1. The minimum atomic E-state index is 0.557. The normalized spacial score (nSPS) is 10.5. The van der Waals surface area contributed by atoms with E-state index in [-0.39, 0.29) is 0 Å². The second-order valence-corrected chi connectivity index (χ2v) is 4.85. The van der Waals surface area contributed by atoms with Gasteiger partial charge in [0, 0.05) is 18.5 Å². The lowest BCUT2D eigenvalue weighted by molar-refractivity contribution is 0.185. The highest BCUT2D eigenvalue weighted by molar-refractivity contribution is 6.33. The molecule has 0 fully saturated rings. The van der Waals surface area contributed by atoms with Crippen molar-refractivity contribution in [3.8, 4) is 0 Å². The molecule has 2 rings (SSSR count).